The maximum Gasteiger partial charge on any atom is 0.241 e. The highest BCUT2D eigenvalue weighted by Crippen LogP contribution is 2.11. The first-order valence-corrected chi connectivity index (χ1v) is 3.46. The molecule has 64 valence electrons. The third kappa shape index (κ3) is 1.79. The molecule has 0 bridgehead atoms. The molecule has 1 aromatic rings. The lowest BCUT2D eigenvalue weighted by molar-refractivity contribution is -0.121. The number of hydrogen-bond acceptors (Lipinski definition) is 2. The molecule has 1 rings (SSSR count). The van der Waals surface area contributed by atoms with Gasteiger partial charge >= 0.3 is 0 Å². The zero-order valence-electron chi connectivity index (χ0n) is 6.33. The quantitative estimate of drug-likeness (QED) is 0.652. The Hall–Kier alpha value is -1.42. The molecule has 0 saturated carbocycles. The Labute approximate surface area is 69.3 Å². The van der Waals surface area contributed by atoms with E-state index in [1.165, 1.54) is 5.54 Å². The van der Waals surface area contributed by atoms with Crippen molar-refractivity contribution in [2.24, 2.45) is 5.73 Å². The largest absolute Gasteiger partial charge is 0.368 e. The zero-order chi connectivity index (χ0) is 8.97. The predicted molar refractivity (Wildman–Crippen MR) is 42.6 cm³/mol. The number of hydrogen-bond donors (Lipinski definition) is 2. The van der Waals surface area contributed by atoms with Crippen LogP contribution in [-0.2, 0) is 4.79 Å². The minimum Gasteiger partial charge on any atom is -0.368 e. The van der Waals surface area contributed by atoms with Crippen LogP contribution in [0.3, 0.4) is 0 Å². The van der Waals surface area contributed by atoms with E-state index in [1.54, 1.807) is 30.3 Å². The molecule has 0 radical (unpaired) electrons. The molecule has 0 aromatic heterocycles. The highest BCUT2D eigenvalue weighted by atomic mass is 19.2. The third-order valence-electron chi connectivity index (χ3n) is 1.53. The van der Waals surface area contributed by atoms with Crippen molar-refractivity contribution in [2.45, 2.75) is 6.04 Å². The van der Waals surface area contributed by atoms with E-state index in [1.807, 2.05) is 0 Å². The van der Waals surface area contributed by atoms with Crippen LogP contribution in [-0.4, -0.2) is 5.91 Å². The molecule has 1 atom stereocenters. The van der Waals surface area contributed by atoms with Crippen LogP contribution in [0.4, 0.5) is 4.48 Å². The summed E-state index contributed by atoms with van der Waals surface area (Å²) in [5.41, 5.74) is 6.80. The predicted octanol–water partition coefficient (Wildman–Crippen LogP) is 0.687. The van der Waals surface area contributed by atoms with Crippen molar-refractivity contribution in [3.63, 3.8) is 0 Å². The molecule has 1 unspecified atom stereocenters. The molecule has 0 heterocycles. The van der Waals surface area contributed by atoms with Crippen molar-refractivity contribution >= 4 is 5.91 Å². The SMILES string of the molecule is NC(=O)C(NF)c1ccccc1. The number of nitrogens with two attached hydrogens (primary N) is 1. The van der Waals surface area contributed by atoms with E-state index >= 15 is 0 Å². The highest BCUT2D eigenvalue weighted by Gasteiger charge is 2.15. The van der Waals surface area contributed by atoms with E-state index in [0.29, 0.717) is 5.56 Å². The first-order chi connectivity index (χ1) is 5.75. The fraction of sp³-hybridized carbons (Fsp3) is 0.125. The lowest BCUT2D eigenvalue weighted by Crippen LogP contribution is -2.28. The van der Waals surface area contributed by atoms with Gasteiger partial charge in [0.2, 0.25) is 5.91 Å². The van der Waals surface area contributed by atoms with Gasteiger partial charge in [0.05, 0.1) is 0 Å². The number of nitrogens with one attached hydrogen (secondary N) is 1. The standard InChI is InChI=1S/C8H9FN2O/c9-11-7(8(10)12)6-4-2-1-3-5-6/h1-5,7,11H,(H2,10,12). The molecule has 12 heavy (non-hydrogen) atoms. The Morgan fingerprint density at radius 3 is 2.42 bits per heavy atom. The van der Waals surface area contributed by atoms with Gasteiger partial charge in [-0.3, -0.25) is 4.79 Å². The third-order valence-corrected chi connectivity index (χ3v) is 1.53. The molecular formula is C8H9FN2O. The van der Waals surface area contributed by atoms with Gasteiger partial charge < -0.3 is 5.73 Å². The van der Waals surface area contributed by atoms with Gasteiger partial charge in [0.15, 0.2) is 0 Å². The second-order valence-corrected chi connectivity index (χ2v) is 2.36. The first-order valence-electron chi connectivity index (χ1n) is 3.46. The summed E-state index contributed by atoms with van der Waals surface area (Å²) in [5, 5.41) is 0. The maximum absolute atomic E-state index is 12.0. The van der Waals surface area contributed by atoms with E-state index in [9.17, 15) is 9.28 Å². The van der Waals surface area contributed by atoms with Crippen molar-refractivity contribution in [3.8, 4) is 0 Å². The van der Waals surface area contributed by atoms with Crippen LogP contribution in [0.25, 0.3) is 0 Å². The molecular weight excluding hydrogens is 159 g/mol. The molecule has 0 aliphatic rings. The molecule has 0 saturated heterocycles. The van der Waals surface area contributed by atoms with Gasteiger partial charge in [0.25, 0.3) is 0 Å². The molecule has 3 nitrogen and oxygen atoms in total. The van der Waals surface area contributed by atoms with Gasteiger partial charge in [-0.2, -0.15) is 0 Å². The molecule has 3 N–H and O–H groups in total. The molecule has 1 aromatic carbocycles. The molecule has 0 spiro atoms. The summed E-state index contributed by atoms with van der Waals surface area (Å²) >= 11 is 0. The molecule has 0 aliphatic heterocycles. The number of benzene rings is 1. The van der Waals surface area contributed by atoms with Crippen molar-refractivity contribution < 1.29 is 9.28 Å². The normalized spacial score (nSPS) is 12.4. The Morgan fingerprint density at radius 1 is 1.42 bits per heavy atom. The number of halogens is 1. The molecule has 4 heteroatoms. The second kappa shape index (κ2) is 3.82. The average Bonchev–Trinajstić information content (AvgIpc) is 2.07. The Morgan fingerprint density at radius 2 is 2.00 bits per heavy atom. The summed E-state index contributed by atoms with van der Waals surface area (Å²) in [4.78, 5) is 10.7. The van der Waals surface area contributed by atoms with Crippen molar-refractivity contribution in [2.75, 3.05) is 0 Å². The molecule has 0 aliphatic carbocycles. The summed E-state index contributed by atoms with van der Waals surface area (Å²) in [6.45, 7) is 0. The van der Waals surface area contributed by atoms with E-state index in [2.05, 4.69) is 0 Å². The van der Waals surface area contributed by atoms with Crippen molar-refractivity contribution in [1.82, 2.24) is 5.54 Å². The van der Waals surface area contributed by atoms with E-state index in [-0.39, 0.29) is 0 Å². The summed E-state index contributed by atoms with van der Waals surface area (Å²) in [6.07, 6.45) is 0. The molecule has 0 fully saturated rings. The van der Waals surface area contributed by atoms with Crippen LogP contribution in [0.5, 0.6) is 0 Å². The summed E-state index contributed by atoms with van der Waals surface area (Å²) in [5.74, 6) is -0.733. The van der Waals surface area contributed by atoms with Crippen LogP contribution in [0.2, 0.25) is 0 Å². The minimum atomic E-state index is -1.05. The van der Waals surface area contributed by atoms with Gasteiger partial charge in [0, 0.05) is 0 Å². The van der Waals surface area contributed by atoms with Gasteiger partial charge in [-0.05, 0) is 5.56 Å². The van der Waals surface area contributed by atoms with Crippen LogP contribution in [0.15, 0.2) is 30.3 Å². The fourth-order valence-electron chi connectivity index (χ4n) is 0.927. The Bertz CT molecular complexity index is 263. The number of carbonyl (C=O) groups is 1. The number of amides is 1. The molecule has 1 amide bonds. The second-order valence-electron chi connectivity index (χ2n) is 2.36. The smallest absolute Gasteiger partial charge is 0.241 e. The maximum atomic E-state index is 12.0. The van der Waals surface area contributed by atoms with Crippen LogP contribution < -0.4 is 11.3 Å². The summed E-state index contributed by atoms with van der Waals surface area (Å²) in [6, 6.07) is 7.40. The van der Waals surface area contributed by atoms with Gasteiger partial charge in [-0.25, -0.2) is 0 Å². The van der Waals surface area contributed by atoms with Crippen LogP contribution in [0, 0.1) is 0 Å². The lowest BCUT2D eigenvalue weighted by Gasteiger charge is -2.08. The van der Waals surface area contributed by atoms with Crippen molar-refractivity contribution in [1.29, 1.82) is 0 Å². The van der Waals surface area contributed by atoms with Crippen LogP contribution >= 0.6 is 0 Å². The van der Waals surface area contributed by atoms with Crippen molar-refractivity contribution in [3.05, 3.63) is 35.9 Å². The number of rotatable bonds is 3. The monoisotopic (exact) mass is 168 g/mol. The lowest BCUT2D eigenvalue weighted by atomic mass is 10.1. The minimum absolute atomic E-state index is 0.521. The summed E-state index contributed by atoms with van der Waals surface area (Å²) < 4.78 is 12.0. The summed E-state index contributed by atoms with van der Waals surface area (Å²) in [7, 11) is 0. The van der Waals surface area contributed by atoms with Gasteiger partial charge in [-0.1, -0.05) is 30.3 Å². The average molecular weight is 168 g/mol. The zero-order valence-corrected chi connectivity index (χ0v) is 6.33. The highest BCUT2D eigenvalue weighted by molar-refractivity contribution is 5.81. The first kappa shape index (κ1) is 8.67. The Balaban J connectivity index is 2.88. The van der Waals surface area contributed by atoms with Crippen LogP contribution in [0.1, 0.15) is 11.6 Å². The fourth-order valence-corrected chi connectivity index (χ4v) is 0.927. The van der Waals surface area contributed by atoms with Gasteiger partial charge in [0.1, 0.15) is 6.04 Å². The van der Waals surface area contributed by atoms with E-state index in [4.69, 9.17) is 5.73 Å². The number of carbonyl (C=O) groups excluding carboxylic acids is 1. The van der Waals surface area contributed by atoms with E-state index < -0.39 is 11.9 Å². The number of primary amides is 1. The topological polar surface area (TPSA) is 55.1 Å². The van der Waals surface area contributed by atoms with E-state index in [0.717, 1.165) is 0 Å². The van der Waals surface area contributed by atoms with Gasteiger partial charge in [-0.15, -0.1) is 10.0 Å². The Kier molecular flexibility index (Phi) is 2.76.